The molecule has 1 saturated heterocycles. The molecule has 1 aromatic carbocycles. The molecule has 9 nitrogen and oxygen atoms in total. The lowest BCUT2D eigenvalue weighted by atomic mass is 10.1. The van der Waals surface area contributed by atoms with Crippen molar-refractivity contribution in [2.24, 2.45) is 0 Å². The van der Waals surface area contributed by atoms with Gasteiger partial charge in [0.2, 0.25) is 0 Å². The van der Waals surface area contributed by atoms with E-state index in [1.54, 1.807) is 19.1 Å². The Hall–Kier alpha value is -3.11. The van der Waals surface area contributed by atoms with E-state index >= 15 is 0 Å². The Kier molecular flexibility index (Phi) is 5.86. The van der Waals surface area contributed by atoms with Crippen molar-refractivity contribution in [1.29, 1.82) is 0 Å². The Morgan fingerprint density at radius 2 is 1.93 bits per heavy atom. The van der Waals surface area contributed by atoms with Crippen LogP contribution in [0.1, 0.15) is 27.8 Å². The van der Waals surface area contributed by atoms with Crippen molar-refractivity contribution >= 4 is 44.4 Å². The first-order valence-electron chi connectivity index (χ1n) is 9.70. The monoisotopic (exact) mass is 426 g/mol. The second kappa shape index (κ2) is 8.72. The fourth-order valence-corrected chi connectivity index (χ4v) is 4.04. The van der Waals surface area contributed by atoms with Gasteiger partial charge in [-0.05, 0) is 44.3 Å². The molecule has 1 aliphatic rings. The SMILES string of the molecule is CCOC(=O)c1ccc(Nc2nc3ccc(C(=O)N4CCN(C)CC4)cc3s2)nn1. The van der Waals surface area contributed by atoms with Gasteiger partial charge in [-0.1, -0.05) is 11.3 Å². The van der Waals surface area contributed by atoms with Crippen LogP contribution in [0.25, 0.3) is 10.2 Å². The number of benzene rings is 1. The number of thiazole rings is 1. The van der Waals surface area contributed by atoms with E-state index in [1.165, 1.54) is 11.3 Å². The number of nitrogens with one attached hydrogen (secondary N) is 1. The standard InChI is InChI=1S/C20H22N6O3S/c1-3-29-19(28)15-6-7-17(24-23-15)22-20-21-14-5-4-13(12-16(14)30-20)18(27)26-10-8-25(2)9-11-26/h4-7,12H,3,8-11H2,1-2H3,(H,21,22,24). The van der Waals surface area contributed by atoms with Gasteiger partial charge in [0, 0.05) is 31.7 Å². The van der Waals surface area contributed by atoms with Crippen LogP contribution in [0.4, 0.5) is 10.9 Å². The Morgan fingerprint density at radius 3 is 2.63 bits per heavy atom. The van der Waals surface area contributed by atoms with Crippen LogP contribution < -0.4 is 5.32 Å². The van der Waals surface area contributed by atoms with E-state index in [9.17, 15) is 9.59 Å². The molecule has 0 atom stereocenters. The van der Waals surface area contributed by atoms with Gasteiger partial charge in [0.15, 0.2) is 16.6 Å². The Bertz CT molecular complexity index is 1060. The van der Waals surface area contributed by atoms with Gasteiger partial charge in [0.1, 0.15) is 0 Å². The smallest absolute Gasteiger partial charge is 0.358 e. The summed E-state index contributed by atoms with van der Waals surface area (Å²) in [6.07, 6.45) is 0. The molecule has 0 spiro atoms. The van der Waals surface area contributed by atoms with Crippen LogP contribution in [0.3, 0.4) is 0 Å². The highest BCUT2D eigenvalue weighted by molar-refractivity contribution is 7.22. The molecule has 156 valence electrons. The number of hydrogen-bond acceptors (Lipinski definition) is 9. The summed E-state index contributed by atoms with van der Waals surface area (Å²) in [5, 5.41) is 11.6. The first-order valence-corrected chi connectivity index (χ1v) is 10.5. The molecule has 0 bridgehead atoms. The van der Waals surface area contributed by atoms with E-state index in [0.717, 1.165) is 36.4 Å². The predicted octanol–water partition coefficient (Wildman–Crippen LogP) is 2.39. The van der Waals surface area contributed by atoms with Crippen LogP contribution in [0, 0.1) is 0 Å². The summed E-state index contributed by atoms with van der Waals surface area (Å²) >= 11 is 1.43. The molecule has 3 aromatic rings. The molecule has 4 rings (SSSR count). The third-order valence-electron chi connectivity index (χ3n) is 4.81. The molecule has 1 fully saturated rings. The summed E-state index contributed by atoms with van der Waals surface area (Å²) in [7, 11) is 2.06. The van der Waals surface area contributed by atoms with Gasteiger partial charge in [-0.25, -0.2) is 9.78 Å². The van der Waals surface area contributed by atoms with Gasteiger partial charge < -0.3 is 19.9 Å². The third-order valence-corrected chi connectivity index (χ3v) is 5.74. The zero-order valence-corrected chi connectivity index (χ0v) is 17.6. The quantitative estimate of drug-likeness (QED) is 0.621. The number of piperazine rings is 1. The average molecular weight is 427 g/mol. The molecule has 10 heteroatoms. The summed E-state index contributed by atoms with van der Waals surface area (Å²) in [4.78, 5) is 33.1. The fourth-order valence-electron chi connectivity index (χ4n) is 3.13. The zero-order chi connectivity index (χ0) is 21.1. The number of ether oxygens (including phenoxy) is 1. The fraction of sp³-hybridized carbons (Fsp3) is 0.350. The highest BCUT2D eigenvalue weighted by Gasteiger charge is 2.21. The summed E-state index contributed by atoms with van der Waals surface area (Å²) in [6, 6.07) is 8.76. The van der Waals surface area contributed by atoms with Crippen molar-refractivity contribution in [1.82, 2.24) is 25.0 Å². The average Bonchev–Trinajstić information content (AvgIpc) is 3.16. The van der Waals surface area contributed by atoms with Gasteiger partial charge >= 0.3 is 5.97 Å². The molecular weight excluding hydrogens is 404 g/mol. The topological polar surface area (TPSA) is 101 Å². The van der Waals surface area contributed by atoms with Gasteiger partial charge in [-0.3, -0.25) is 4.79 Å². The number of esters is 1. The van der Waals surface area contributed by atoms with Gasteiger partial charge in [-0.2, -0.15) is 0 Å². The number of rotatable bonds is 5. The van der Waals surface area contributed by atoms with Crippen molar-refractivity contribution < 1.29 is 14.3 Å². The van der Waals surface area contributed by atoms with E-state index in [0.29, 0.717) is 16.5 Å². The number of fused-ring (bicyclic) bond motifs is 1. The van der Waals surface area contributed by atoms with Gasteiger partial charge in [-0.15, -0.1) is 10.2 Å². The molecule has 0 radical (unpaired) electrons. The van der Waals surface area contributed by atoms with Crippen LogP contribution in [0.5, 0.6) is 0 Å². The number of anilines is 2. The van der Waals surface area contributed by atoms with E-state index < -0.39 is 5.97 Å². The first kappa shape index (κ1) is 20.2. The number of likely N-dealkylation sites (N-methyl/N-ethyl adjacent to an activating group) is 1. The molecular formula is C20H22N6O3S. The van der Waals surface area contributed by atoms with Crippen molar-refractivity contribution in [3.63, 3.8) is 0 Å². The van der Waals surface area contributed by atoms with Crippen molar-refractivity contribution in [2.45, 2.75) is 6.92 Å². The summed E-state index contributed by atoms with van der Waals surface area (Å²) in [6.45, 7) is 5.27. The second-order valence-corrected chi connectivity index (χ2v) is 7.98. The number of carbonyl (C=O) groups excluding carboxylic acids is 2. The molecule has 1 amide bonds. The molecule has 3 heterocycles. The molecule has 30 heavy (non-hydrogen) atoms. The molecule has 1 N–H and O–H groups in total. The lowest BCUT2D eigenvalue weighted by Crippen LogP contribution is -2.47. The molecule has 0 saturated carbocycles. The van der Waals surface area contributed by atoms with E-state index in [4.69, 9.17) is 4.74 Å². The van der Waals surface area contributed by atoms with E-state index in [2.05, 4.69) is 32.4 Å². The Morgan fingerprint density at radius 1 is 1.13 bits per heavy atom. The van der Waals surface area contributed by atoms with Crippen molar-refractivity contribution in [3.8, 4) is 0 Å². The summed E-state index contributed by atoms with van der Waals surface area (Å²) in [5.41, 5.74) is 1.62. The van der Waals surface area contributed by atoms with Crippen molar-refractivity contribution in [2.75, 3.05) is 45.2 Å². The number of nitrogens with zero attached hydrogens (tertiary/aromatic N) is 5. The van der Waals surface area contributed by atoms with E-state index in [-0.39, 0.29) is 18.2 Å². The number of amides is 1. The highest BCUT2D eigenvalue weighted by Crippen LogP contribution is 2.29. The first-order chi connectivity index (χ1) is 14.5. The third kappa shape index (κ3) is 4.39. The maximum atomic E-state index is 12.8. The van der Waals surface area contributed by atoms with Crippen molar-refractivity contribution in [3.05, 3.63) is 41.6 Å². The van der Waals surface area contributed by atoms with Crippen LogP contribution in [-0.4, -0.2) is 76.7 Å². The molecule has 1 aliphatic heterocycles. The van der Waals surface area contributed by atoms with Gasteiger partial charge in [0.05, 0.1) is 16.8 Å². The van der Waals surface area contributed by atoms with Crippen LogP contribution in [-0.2, 0) is 4.74 Å². The summed E-state index contributed by atoms with van der Waals surface area (Å²) < 4.78 is 5.81. The zero-order valence-electron chi connectivity index (χ0n) is 16.8. The predicted molar refractivity (Wildman–Crippen MR) is 114 cm³/mol. The maximum absolute atomic E-state index is 12.8. The summed E-state index contributed by atoms with van der Waals surface area (Å²) in [5.74, 6) is 0.0123. The minimum Gasteiger partial charge on any atom is -0.461 e. The lowest BCUT2D eigenvalue weighted by molar-refractivity contribution is 0.0517. The number of aromatic nitrogens is 3. The normalized spacial score (nSPS) is 14.7. The highest BCUT2D eigenvalue weighted by atomic mass is 32.1. The van der Waals surface area contributed by atoms with Gasteiger partial charge in [0.25, 0.3) is 5.91 Å². The van der Waals surface area contributed by atoms with E-state index in [1.807, 2.05) is 23.1 Å². The minimum absolute atomic E-state index is 0.0494. The second-order valence-electron chi connectivity index (χ2n) is 6.95. The lowest BCUT2D eigenvalue weighted by Gasteiger charge is -2.32. The Balaban J connectivity index is 1.47. The maximum Gasteiger partial charge on any atom is 0.358 e. The molecule has 2 aromatic heterocycles. The molecule has 0 unspecified atom stereocenters. The Labute approximate surface area is 177 Å². The molecule has 0 aliphatic carbocycles. The number of carbonyl (C=O) groups is 2. The van der Waals surface area contributed by atoms with Crippen LogP contribution >= 0.6 is 11.3 Å². The number of hydrogen-bond donors (Lipinski definition) is 1. The van der Waals surface area contributed by atoms with Crippen LogP contribution in [0.15, 0.2) is 30.3 Å². The minimum atomic E-state index is -0.505. The largest absolute Gasteiger partial charge is 0.461 e. The van der Waals surface area contributed by atoms with Crippen LogP contribution in [0.2, 0.25) is 0 Å².